The van der Waals surface area contributed by atoms with Crippen molar-refractivity contribution in [2.45, 2.75) is 46.0 Å². The van der Waals surface area contributed by atoms with Gasteiger partial charge in [-0.3, -0.25) is 14.8 Å². The highest BCUT2D eigenvalue weighted by molar-refractivity contribution is 6.01. The molecule has 0 bridgehead atoms. The van der Waals surface area contributed by atoms with Crippen molar-refractivity contribution in [1.29, 1.82) is 0 Å². The monoisotopic (exact) mass is 403 g/mol. The van der Waals surface area contributed by atoms with Crippen LogP contribution in [0.15, 0.2) is 12.4 Å². The second-order valence-corrected chi connectivity index (χ2v) is 6.87. The van der Waals surface area contributed by atoms with Gasteiger partial charge in [-0.2, -0.15) is 4.98 Å². The third-order valence-electron chi connectivity index (χ3n) is 4.96. The van der Waals surface area contributed by atoms with E-state index in [2.05, 4.69) is 44.3 Å². The summed E-state index contributed by atoms with van der Waals surface area (Å²) in [6.45, 7) is 9.64. The Hall–Kier alpha value is -2.88. The molecule has 0 atom stereocenters. The van der Waals surface area contributed by atoms with Gasteiger partial charge < -0.3 is 20.9 Å². The van der Waals surface area contributed by atoms with E-state index in [9.17, 15) is 4.79 Å². The lowest BCUT2D eigenvalue weighted by atomic mass is 10.2. The first-order valence-corrected chi connectivity index (χ1v) is 10.00. The number of anilines is 2. The number of nitrogen functional groups attached to an aromatic ring is 1. The molecule has 1 aliphatic heterocycles. The van der Waals surface area contributed by atoms with Gasteiger partial charge in [-0.05, 0) is 26.8 Å². The maximum Gasteiger partial charge on any atom is 0.279 e. The highest BCUT2D eigenvalue weighted by Crippen LogP contribution is 2.32. The molecule has 0 saturated carbocycles. The van der Waals surface area contributed by atoms with Gasteiger partial charge in [-0.25, -0.2) is 4.98 Å². The van der Waals surface area contributed by atoms with Crippen LogP contribution in [0.2, 0.25) is 0 Å². The summed E-state index contributed by atoms with van der Waals surface area (Å²) in [4.78, 5) is 25.7. The Labute approximate surface area is 172 Å². The zero-order valence-corrected chi connectivity index (χ0v) is 17.9. The minimum absolute atomic E-state index is 0.0538. The van der Waals surface area contributed by atoms with E-state index in [1.807, 2.05) is 18.5 Å². The van der Waals surface area contributed by atoms with Crippen LogP contribution in [0.3, 0.4) is 0 Å². The number of carbonyl (C=O) groups is 1. The van der Waals surface area contributed by atoms with Crippen molar-refractivity contribution < 1.29 is 4.79 Å². The van der Waals surface area contributed by atoms with Gasteiger partial charge in [0, 0.05) is 26.6 Å². The third kappa shape index (κ3) is 4.76. The molecule has 5 N–H and O–H groups in total. The number of fused-ring (bicyclic) bond motifs is 1. The number of hydrogen-bond donors (Lipinski definition) is 3. The summed E-state index contributed by atoms with van der Waals surface area (Å²) in [5, 5.41) is 6.63. The molecule has 3 rings (SSSR count). The molecular weight excluding hydrogens is 370 g/mol. The zero-order valence-electron chi connectivity index (χ0n) is 17.9. The second-order valence-electron chi connectivity index (χ2n) is 6.87. The summed E-state index contributed by atoms with van der Waals surface area (Å²) >= 11 is 0. The van der Waals surface area contributed by atoms with E-state index in [0.29, 0.717) is 24.5 Å². The second kappa shape index (κ2) is 10.1. The molecule has 3 heterocycles. The quantitative estimate of drug-likeness (QED) is 0.569. The number of nitrogens with zero attached hydrogens (tertiary/aromatic N) is 6. The highest BCUT2D eigenvalue weighted by atomic mass is 16.2. The van der Waals surface area contributed by atoms with Gasteiger partial charge >= 0.3 is 0 Å². The van der Waals surface area contributed by atoms with E-state index in [4.69, 9.17) is 5.73 Å². The van der Waals surface area contributed by atoms with E-state index < -0.39 is 0 Å². The largest absolute Gasteiger partial charge is 0.367 e. The molecule has 0 spiro atoms. The predicted octanol–water partition coefficient (Wildman–Crippen LogP) is 1.56. The molecule has 10 heteroatoms. The van der Waals surface area contributed by atoms with E-state index in [0.717, 1.165) is 49.7 Å². The Morgan fingerprint density at radius 3 is 2.41 bits per heavy atom. The lowest BCUT2D eigenvalue weighted by Crippen LogP contribution is -2.45. The number of nitrogens with two attached hydrogens (primary N) is 2. The van der Waals surface area contributed by atoms with Crippen LogP contribution >= 0.6 is 0 Å². The van der Waals surface area contributed by atoms with Crippen LogP contribution in [-0.2, 0) is 13.5 Å². The molecule has 29 heavy (non-hydrogen) atoms. The topological polar surface area (TPSA) is 135 Å². The van der Waals surface area contributed by atoms with Crippen LogP contribution in [0.1, 0.15) is 54.7 Å². The van der Waals surface area contributed by atoms with Crippen molar-refractivity contribution in [2.24, 2.45) is 12.8 Å². The summed E-state index contributed by atoms with van der Waals surface area (Å²) in [5.41, 5.74) is 10.7. The molecule has 0 fully saturated rings. The lowest BCUT2D eigenvalue weighted by Gasteiger charge is -2.37. The van der Waals surface area contributed by atoms with Crippen molar-refractivity contribution in [3.63, 3.8) is 0 Å². The Morgan fingerprint density at radius 2 is 1.79 bits per heavy atom. The molecule has 10 nitrogen and oxygen atoms in total. The average molecular weight is 404 g/mol. The minimum Gasteiger partial charge on any atom is -0.367 e. The average Bonchev–Trinajstić information content (AvgIpc) is 3.25. The third-order valence-corrected chi connectivity index (χ3v) is 4.96. The zero-order chi connectivity index (χ0) is 21.6. The van der Waals surface area contributed by atoms with Crippen molar-refractivity contribution in [3.05, 3.63) is 29.7 Å². The standard InChI is InChI=1S/C18H28N8O.CH5N/c1-5-6-7-10-25-13(3)26(11-8-9-14-21-18(19)23-22-14)17(27)15-16(25)20-12(2)24(15)4;1-2/h3,5-11H2,1-2,4H3,(H3,19,21,22,23);2H2,1H3. The summed E-state index contributed by atoms with van der Waals surface area (Å²) in [5.74, 6) is 3.14. The molecule has 0 aliphatic carbocycles. The van der Waals surface area contributed by atoms with E-state index in [-0.39, 0.29) is 11.9 Å². The van der Waals surface area contributed by atoms with Gasteiger partial charge in [0.1, 0.15) is 17.5 Å². The van der Waals surface area contributed by atoms with Crippen molar-refractivity contribution in [1.82, 2.24) is 29.6 Å². The molecule has 2 aromatic rings. The molecule has 160 valence electrons. The summed E-state index contributed by atoms with van der Waals surface area (Å²) < 4.78 is 1.86. The summed E-state index contributed by atoms with van der Waals surface area (Å²) in [6, 6.07) is 0. The van der Waals surface area contributed by atoms with Crippen molar-refractivity contribution >= 4 is 17.7 Å². The fraction of sp³-hybridized carbons (Fsp3) is 0.579. The fourth-order valence-electron chi connectivity index (χ4n) is 3.35. The number of amides is 1. The Kier molecular flexibility index (Phi) is 7.77. The molecular formula is C19H33N9O. The Balaban J connectivity index is 0.00000145. The minimum atomic E-state index is -0.0538. The molecule has 0 radical (unpaired) electrons. The molecule has 0 aromatic carbocycles. The first-order chi connectivity index (χ1) is 13.9. The van der Waals surface area contributed by atoms with Crippen molar-refractivity contribution in [2.75, 3.05) is 30.8 Å². The normalized spacial score (nSPS) is 13.4. The van der Waals surface area contributed by atoms with Gasteiger partial charge in [0.05, 0.1) is 0 Å². The first-order valence-electron chi connectivity index (χ1n) is 10.00. The van der Waals surface area contributed by atoms with Crippen LogP contribution in [0.25, 0.3) is 0 Å². The Morgan fingerprint density at radius 1 is 1.10 bits per heavy atom. The number of hydrogen-bond acceptors (Lipinski definition) is 7. The number of imidazole rings is 1. The van der Waals surface area contributed by atoms with E-state index >= 15 is 0 Å². The van der Waals surface area contributed by atoms with E-state index in [1.165, 1.54) is 7.05 Å². The number of rotatable bonds is 8. The van der Waals surface area contributed by atoms with Crippen LogP contribution in [0, 0.1) is 6.92 Å². The summed E-state index contributed by atoms with van der Waals surface area (Å²) in [6.07, 6.45) is 4.69. The first kappa shape index (κ1) is 22.4. The summed E-state index contributed by atoms with van der Waals surface area (Å²) in [7, 11) is 3.38. The number of aromatic nitrogens is 5. The van der Waals surface area contributed by atoms with Gasteiger partial charge in [0.15, 0.2) is 11.5 Å². The SMILES string of the molecule is C=C1N(CCCc2nc(N)n[nH]2)C(=O)c2c(nc(C)n2C)N1CCCCC.CN. The van der Waals surface area contributed by atoms with Crippen LogP contribution in [0.4, 0.5) is 11.8 Å². The number of carbonyl (C=O) groups excluding carboxylic acids is 1. The van der Waals surface area contributed by atoms with Crippen LogP contribution in [-0.4, -0.2) is 55.7 Å². The van der Waals surface area contributed by atoms with Gasteiger partial charge in [0.2, 0.25) is 5.95 Å². The van der Waals surface area contributed by atoms with Crippen LogP contribution in [0.5, 0.6) is 0 Å². The van der Waals surface area contributed by atoms with Gasteiger partial charge in [-0.1, -0.05) is 26.3 Å². The number of aromatic amines is 1. The van der Waals surface area contributed by atoms with E-state index in [1.54, 1.807) is 4.90 Å². The maximum atomic E-state index is 13.1. The molecule has 1 amide bonds. The molecule has 1 aliphatic rings. The predicted molar refractivity (Wildman–Crippen MR) is 114 cm³/mol. The molecule has 0 unspecified atom stereocenters. The van der Waals surface area contributed by atoms with Gasteiger partial charge in [0.25, 0.3) is 5.91 Å². The highest BCUT2D eigenvalue weighted by Gasteiger charge is 2.36. The number of unbranched alkanes of at least 4 members (excludes halogenated alkanes) is 2. The van der Waals surface area contributed by atoms with Gasteiger partial charge in [-0.15, -0.1) is 5.10 Å². The van der Waals surface area contributed by atoms with Crippen molar-refractivity contribution in [3.8, 4) is 0 Å². The lowest BCUT2D eigenvalue weighted by molar-refractivity contribution is 0.0781. The number of H-pyrrole nitrogens is 1. The fourth-order valence-corrected chi connectivity index (χ4v) is 3.35. The maximum absolute atomic E-state index is 13.1. The smallest absolute Gasteiger partial charge is 0.279 e. The molecule has 2 aromatic heterocycles. The molecule has 0 saturated heterocycles. The number of aryl methyl sites for hydroxylation is 2. The number of nitrogens with one attached hydrogen (secondary N) is 1. The Bertz CT molecular complexity index is 839. The van der Waals surface area contributed by atoms with Crippen LogP contribution < -0.4 is 16.4 Å².